The molecule has 4 radical (unpaired) electrons. The number of Topliss-reactive ketones (excluding diaryl/α,β-unsaturated/α-hetero) is 1. The van der Waals surface area contributed by atoms with Crippen LogP contribution in [0.1, 0.15) is 113 Å². The van der Waals surface area contributed by atoms with Crippen molar-refractivity contribution in [3.8, 4) is 0 Å². The van der Waals surface area contributed by atoms with E-state index in [4.69, 9.17) is 18.9 Å². The van der Waals surface area contributed by atoms with E-state index < -0.39 is 74.3 Å². The quantitative estimate of drug-likeness (QED) is 0.0819. The molecule has 0 spiro atoms. The molecule has 382 valence electrons. The van der Waals surface area contributed by atoms with Crippen LogP contribution in [0.25, 0.3) is 0 Å². The van der Waals surface area contributed by atoms with Gasteiger partial charge in [0.1, 0.15) is 54.6 Å². The van der Waals surface area contributed by atoms with Gasteiger partial charge in [-0.1, -0.05) is 33.6 Å². The van der Waals surface area contributed by atoms with E-state index in [1.54, 1.807) is 34.4 Å². The zero-order valence-electron chi connectivity index (χ0n) is 40.5. The van der Waals surface area contributed by atoms with Crippen LogP contribution in [0.15, 0.2) is 0 Å². The maximum Gasteiger partial charge on any atom is 0.133 e. The molecule has 4 aliphatic heterocycles. The summed E-state index contributed by atoms with van der Waals surface area (Å²) in [5.74, 6) is 0.509. The maximum absolute atomic E-state index is 12.0. The largest absolute Gasteiger partial charge is 0.388 e. The van der Waals surface area contributed by atoms with Crippen LogP contribution in [0.2, 0.25) is 0 Å². The molecule has 14 nitrogen and oxygen atoms in total. The predicted molar refractivity (Wildman–Crippen MR) is 224 cm³/mol. The molecule has 4 fully saturated rings. The fraction of sp³-hybridized carbons (Fsp3) is 0.884. The smallest absolute Gasteiger partial charge is 0.133 e. The van der Waals surface area contributed by atoms with Gasteiger partial charge in [0.25, 0.3) is 0 Å². The minimum absolute atomic E-state index is 0. The molecule has 4 saturated heterocycles. The Labute approximate surface area is 556 Å². The third-order valence-electron chi connectivity index (χ3n) is 11.4. The van der Waals surface area contributed by atoms with E-state index in [0.29, 0.717) is 37.5 Å². The Hall–Kier alpha value is 6.59. The number of ether oxygens (including phenoxy) is 4. The van der Waals surface area contributed by atoms with Crippen molar-refractivity contribution in [2.75, 3.05) is 19.0 Å². The number of hydrogen-bond donors (Lipinski definition) is 8. The molecular formula is C43H81O14PW4Y4-4. The topological polar surface area (TPSA) is 233 Å². The van der Waals surface area contributed by atoms with Gasteiger partial charge < -0.3 is 92.1 Å². The van der Waals surface area contributed by atoms with Crippen LogP contribution >= 0.6 is 7.14 Å². The van der Waals surface area contributed by atoms with Gasteiger partial charge in [0, 0.05) is 228 Å². The molecule has 4 heterocycles. The molecule has 0 bridgehead atoms. The number of carbonyl (C=O) groups excluding carboxylic acids is 1. The van der Waals surface area contributed by atoms with Gasteiger partial charge in [-0.2, -0.15) is 25.7 Å². The molecule has 0 aliphatic carbocycles. The van der Waals surface area contributed by atoms with Gasteiger partial charge in [-0.05, 0) is 71.1 Å². The second-order valence-corrected chi connectivity index (χ2v) is 21.2. The summed E-state index contributed by atoms with van der Waals surface area (Å²) in [6, 6.07) is 0. The first-order chi connectivity index (χ1) is 26.9. The first-order valence-electron chi connectivity index (χ1n) is 21.2. The van der Waals surface area contributed by atoms with Crippen molar-refractivity contribution in [2.45, 2.75) is 210 Å². The molecule has 8 N–H and O–H groups in total. The third-order valence-corrected chi connectivity index (χ3v) is 13.8. The minimum Gasteiger partial charge on any atom is -0.388 e. The van der Waals surface area contributed by atoms with E-state index in [1.165, 1.54) is 0 Å². The summed E-state index contributed by atoms with van der Waals surface area (Å²) in [4.78, 5) is 11.2. The van der Waals surface area contributed by atoms with Gasteiger partial charge in [-0.3, -0.25) is 4.79 Å². The van der Waals surface area contributed by atoms with Crippen molar-refractivity contribution in [1.29, 1.82) is 0 Å². The molecular weight excluding hydrogens is 1860 g/mol. The first-order valence-corrected chi connectivity index (χ1v) is 23.7. The van der Waals surface area contributed by atoms with Gasteiger partial charge in [-0.25, -0.2) is 0 Å². The summed E-state index contributed by atoms with van der Waals surface area (Å²) in [7, 11) is -2.29. The molecule has 0 saturated carbocycles. The summed E-state index contributed by atoms with van der Waals surface area (Å²) in [6.45, 7) is 30.0. The molecule has 0 aromatic rings. The normalized spacial score (nSPS) is 34.1. The van der Waals surface area contributed by atoms with Gasteiger partial charge in [-0.15, -0.1) is 0 Å². The van der Waals surface area contributed by atoms with Crippen LogP contribution < -0.4 is 0 Å². The van der Waals surface area contributed by atoms with Crippen molar-refractivity contribution >= 4 is 12.9 Å². The molecule has 23 heteroatoms. The summed E-state index contributed by atoms with van der Waals surface area (Å²) >= 11 is 0. The van der Waals surface area contributed by atoms with E-state index in [1.807, 2.05) is 0 Å². The zero-order valence-corrected chi connectivity index (χ0v) is 64.5. The van der Waals surface area contributed by atoms with Crippen molar-refractivity contribution in [2.24, 2.45) is 11.3 Å². The number of aliphatic hydroxyl groups is 8. The second kappa shape index (κ2) is 45.5. The number of carbonyl (C=O) groups is 1. The molecule has 4 aliphatic rings. The van der Waals surface area contributed by atoms with Gasteiger partial charge in [0.15, 0.2) is 0 Å². The van der Waals surface area contributed by atoms with Gasteiger partial charge in [0.05, 0.1) is 56.0 Å². The number of rotatable bonds is 16. The standard InChI is InChI=1S/C12H23O3.C11H21O3.C10H20O4P.C10H17O4.4W.4Y/c1-5-6-12(3,4)7-9-11(14)10(13)8(2)15-9;1-4-5-7(2)6-9-11(13)10(12)8(3)14-9;1-4-5-15(3,13)6-8-10(12)9(11)7(2)14-8;1-3-4-7(11)5-8-10(13)9(12)6(2)14-8;;;;;;;;/h8-11,13-14H,1,5-7H2,2-4H3;7-13H,1,4-6H2,2-3H3;7-12H,1,4-6H2,2-3H3;6,8-10,12-13H,1,3-5H2,2H3;;;;;;;;/q4*-1;;;;;;;;/t8?,9?,10-,11+;7-,8?,9?,10+,11-;7?,8?,9-,10+,15?;6?,8?,9-,10+;;;;;;;;/m0100......../s1. The van der Waals surface area contributed by atoms with Crippen molar-refractivity contribution < 1.29 is 284 Å². The zero-order chi connectivity index (χ0) is 44.7. The van der Waals surface area contributed by atoms with E-state index in [0.717, 1.165) is 38.5 Å². The van der Waals surface area contributed by atoms with E-state index in [-0.39, 0.29) is 263 Å². The third kappa shape index (κ3) is 32.5. The van der Waals surface area contributed by atoms with Crippen LogP contribution in [0.4, 0.5) is 0 Å². The summed E-state index contributed by atoms with van der Waals surface area (Å²) in [5.41, 5.74) is 0.108. The number of hydrogen-bond acceptors (Lipinski definition) is 14. The monoisotopic (exact) mass is 1940 g/mol. The Bertz CT molecular complexity index is 1230. The van der Waals surface area contributed by atoms with Gasteiger partial charge in [0.2, 0.25) is 0 Å². The van der Waals surface area contributed by atoms with E-state index >= 15 is 0 Å². The second-order valence-electron chi connectivity index (χ2n) is 17.8. The SMILES string of the molecule is [CH2-]CCC(=O)CC1OC(C)[C@H](O)[C@@H]1O.[CH2-]CCC(C)(C)CC1OC(C)[C@H](O)[C@@H]1O.[CH2-]CCP(C)(=O)CC1OC(C)[C@H](O)[C@@H]1O.[CH2-]CC[C@@H](C)CC1OC(C)[C@H](O)[C@@H]1O.[W].[W].[W].[W].[Y].[Y].[Y].[Y]. The molecule has 4 rings (SSSR count). The van der Waals surface area contributed by atoms with E-state index in [9.17, 15) is 50.2 Å². The molecule has 18 atom stereocenters. The first kappa shape index (κ1) is 89.2. The van der Waals surface area contributed by atoms with Crippen LogP contribution in [0, 0.1) is 39.0 Å². The molecule has 0 aromatic carbocycles. The molecule has 0 amide bonds. The minimum atomic E-state index is -2.29. The Morgan fingerprint density at radius 1 is 0.576 bits per heavy atom. The maximum atomic E-state index is 12.0. The Morgan fingerprint density at radius 3 is 1.26 bits per heavy atom. The van der Waals surface area contributed by atoms with Crippen molar-refractivity contribution in [3.63, 3.8) is 0 Å². The Balaban J connectivity index is -0.000000109. The number of ketones is 1. The summed E-state index contributed by atoms with van der Waals surface area (Å²) in [5, 5.41) is 76.5. The van der Waals surface area contributed by atoms with Crippen molar-refractivity contribution in [1.82, 2.24) is 0 Å². The summed E-state index contributed by atoms with van der Waals surface area (Å²) in [6.07, 6.45) is -1.33. The molecule has 9 unspecified atom stereocenters. The van der Waals surface area contributed by atoms with Crippen LogP contribution in [-0.2, 0) is 243 Å². The van der Waals surface area contributed by atoms with Crippen molar-refractivity contribution in [3.05, 3.63) is 27.7 Å². The molecule has 0 aromatic heterocycles. The van der Waals surface area contributed by atoms with Crippen LogP contribution in [0.3, 0.4) is 0 Å². The van der Waals surface area contributed by atoms with E-state index in [2.05, 4.69) is 48.5 Å². The van der Waals surface area contributed by atoms with Gasteiger partial charge >= 0.3 is 0 Å². The fourth-order valence-electron chi connectivity index (χ4n) is 7.74. The Morgan fingerprint density at radius 2 is 0.939 bits per heavy atom. The average Bonchev–Trinajstić information content (AvgIpc) is 3.70. The van der Waals surface area contributed by atoms with Crippen LogP contribution in [0.5, 0.6) is 0 Å². The molecule has 66 heavy (non-hydrogen) atoms. The fourth-order valence-corrected chi connectivity index (χ4v) is 9.65. The van der Waals surface area contributed by atoms with Crippen LogP contribution in [-0.4, -0.2) is 163 Å². The average molecular weight is 1940 g/mol. The Kier molecular flexibility index (Phi) is 61.4. The predicted octanol–water partition coefficient (Wildman–Crippen LogP) is 3.42. The number of aliphatic hydroxyl groups excluding tert-OH is 8. The summed E-state index contributed by atoms with van der Waals surface area (Å²) < 4.78 is 33.7.